The number of hydrogen-bond donors (Lipinski definition) is 2. The van der Waals surface area contributed by atoms with E-state index in [1.807, 2.05) is 12.3 Å². The fourth-order valence-corrected chi connectivity index (χ4v) is 3.35. The van der Waals surface area contributed by atoms with E-state index in [0.717, 1.165) is 31.2 Å². The van der Waals surface area contributed by atoms with Crippen LogP contribution in [0, 0.1) is 5.82 Å². The van der Waals surface area contributed by atoms with Crippen LogP contribution in [0.15, 0.2) is 48.8 Å². The second kappa shape index (κ2) is 6.40. The van der Waals surface area contributed by atoms with Gasteiger partial charge in [0.2, 0.25) is 0 Å². The molecule has 2 aromatic rings. The lowest BCUT2D eigenvalue weighted by Gasteiger charge is -2.32. The van der Waals surface area contributed by atoms with E-state index in [-0.39, 0.29) is 11.4 Å². The summed E-state index contributed by atoms with van der Waals surface area (Å²) in [6, 6.07) is 10.5. The van der Waals surface area contributed by atoms with E-state index >= 15 is 0 Å². The average molecular weight is 315 g/mol. The van der Waals surface area contributed by atoms with Crippen molar-refractivity contribution in [1.29, 1.82) is 0 Å². The van der Waals surface area contributed by atoms with E-state index in [1.165, 1.54) is 6.07 Å². The predicted molar refractivity (Wildman–Crippen MR) is 90.1 cm³/mol. The number of anilines is 1. The number of halogens is 1. The molecule has 0 aliphatic heterocycles. The highest BCUT2D eigenvalue weighted by Gasteiger charge is 2.36. The van der Waals surface area contributed by atoms with Gasteiger partial charge in [-0.1, -0.05) is 31.0 Å². The van der Waals surface area contributed by atoms with Crippen LogP contribution in [0.2, 0.25) is 0 Å². The van der Waals surface area contributed by atoms with Crippen molar-refractivity contribution in [2.75, 3.05) is 5.32 Å². The van der Waals surface area contributed by atoms with Gasteiger partial charge in [-0.15, -0.1) is 0 Å². The predicted octanol–water partition coefficient (Wildman–Crippen LogP) is 3.98. The SMILES string of the molecule is Fc1ccccc1NC(=S)NC1(c2cccnc2)CCCC1. The first kappa shape index (κ1) is 14.9. The quantitative estimate of drug-likeness (QED) is 0.840. The minimum absolute atomic E-state index is 0.205. The van der Waals surface area contributed by atoms with Crippen LogP contribution in [0.5, 0.6) is 0 Å². The summed E-state index contributed by atoms with van der Waals surface area (Å²) in [6.45, 7) is 0. The van der Waals surface area contributed by atoms with Crippen molar-refractivity contribution in [3.63, 3.8) is 0 Å². The lowest BCUT2D eigenvalue weighted by Crippen LogP contribution is -2.45. The topological polar surface area (TPSA) is 37.0 Å². The minimum Gasteiger partial charge on any atom is -0.353 e. The molecular weight excluding hydrogens is 297 g/mol. The zero-order valence-corrected chi connectivity index (χ0v) is 13.0. The maximum atomic E-state index is 13.7. The molecule has 22 heavy (non-hydrogen) atoms. The van der Waals surface area contributed by atoms with Crippen LogP contribution in [0.25, 0.3) is 0 Å². The van der Waals surface area contributed by atoms with Crippen LogP contribution in [-0.2, 0) is 5.54 Å². The third-order valence-corrected chi connectivity index (χ3v) is 4.35. The summed E-state index contributed by atoms with van der Waals surface area (Å²) >= 11 is 5.39. The normalized spacial score (nSPS) is 16.2. The number of hydrogen-bond acceptors (Lipinski definition) is 2. The Morgan fingerprint density at radius 2 is 1.91 bits per heavy atom. The van der Waals surface area contributed by atoms with Crippen molar-refractivity contribution in [2.45, 2.75) is 31.2 Å². The first-order chi connectivity index (χ1) is 10.7. The molecule has 114 valence electrons. The maximum absolute atomic E-state index is 13.7. The fraction of sp³-hybridized carbons (Fsp3) is 0.294. The first-order valence-corrected chi connectivity index (χ1v) is 7.85. The largest absolute Gasteiger partial charge is 0.353 e. The molecule has 1 saturated carbocycles. The smallest absolute Gasteiger partial charge is 0.171 e. The van der Waals surface area contributed by atoms with Crippen molar-refractivity contribution in [2.24, 2.45) is 0 Å². The van der Waals surface area contributed by atoms with Crippen molar-refractivity contribution in [1.82, 2.24) is 10.3 Å². The third kappa shape index (κ3) is 3.09. The lowest BCUT2D eigenvalue weighted by molar-refractivity contribution is 0.407. The number of benzene rings is 1. The van der Waals surface area contributed by atoms with Crippen LogP contribution in [-0.4, -0.2) is 10.1 Å². The van der Waals surface area contributed by atoms with Gasteiger partial charge in [-0.25, -0.2) is 4.39 Å². The van der Waals surface area contributed by atoms with Crippen molar-refractivity contribution >= 4 is 23.0 Å². The second-order valence-corrected chi connectivity index (χ2v) is 6.00. The zero-order chi connectivity index (χ0) is 15.4. The standard InChI is InChI=1S/C17H18FN3S/c18-14-7-1-2-8-15(14)20-16(22)21-17(9-3-4-10-17)13-6-5-11-19-12-13/h1-2,5-8,11-12H,3-4,9-10H2,(H2,20,21,22). The summed E-state index contributed by atoms with van der Waals surface area (Å²) < 4.78 is 13.7. The summed E-state index contributed by atoms with van der Waals surface area (Å²) in [5, 5.41) is 6.80. The molecule has 3 nitrogen and oxygen atoms in total. The van der Waals surface area contributed by atoms with E-state index in [4.69, 9.17) is 12.2 Å². The van der Waals surface area contributed by atoms with Gasteiger partial charge in [-0.3, -0.25) is 4.98 Å². The second-order valence-electron chi connectivity index (χ2n) is 5.59. The summed E-state index contributed by atoms with van der Waals surface area (Å²) in [5.74, 6) is -0.312. The Morgan fingerprint density at radius 3 is 2.59 bits per heavy atom. The Morgan fingerprint density at radius 1 is 1.14 bits per heavy atom. The van der Waals surface area contributed by atoms with Crippen molar-refractivity contribution < 1.29 is 4.39 Å². The molecule has 2 N–H and O–H groups in total. The number of rotatable bonds is 3. The van der Waals surface area contributed by atoms with E-state index in [9.17, 15) is 4.39 Å². The van der Waals surface area contributed by atoms with Gasteiger partial charge in [0.15, 0.2) is 5.11 Å². The molecule has 0 radical (unpaired) electrons. The van der Waals surface area contributed by atoms with E-state index in [1.54, 1.807) is 24.4 Å². The summed E-state index contributed by atoms with van der Waals surface area (Å²) in [5.41, 5.74) is 1.31. The lowest BCUT2D eigenvalue weighted by atomic mass is 9.89. The highest BCUT2D eigenvalue weighted by atomic mass is 32.1. The molecule has 3 rings (SSSR count). The van der Waals surface area contributed by atoms with Gasteiger partial charge in [-0.2, -0.15) is 0 Å². The number of para-hydroxylation sites is 1. The number of pyridine rings is 1. The highest BCUT2D eigenvalue weighted by Crippen LogP contribution is 2.38. The molecule has 0 spiro atoms. The minimum atomic E-state index is -0.312. The van der Waals surface area contributed by atoms with Crippen LogP contribution < -0.4 is 10.6 Å². The molecule has 0 atom stereocenters. The van der Waals surface area contributed by atoms with Crippen LogP contribution >= 0.6 is 12.2 Å². The number of nitrogens with one attached hydrogen (secondary N) is 2. The van der Waals surface area contributed by atoms with E-state index in [0.29, 0.717) is 10.8 Å². The average Bonchev–Trinajstić information content (AvgIpc) is 3.00. The Bertz CT molecular complexity index is 654. The monoisotopic (exact) mass is 315 g/mol. The van der Waals surface area contributed by atoms with Gasteiger partial charge in [-0.05, 0) is 48.8 Å². The number of nitrogens with zero attached hydrogens (tertiary/aromatic N) is 1. The van der Waals surface area contributed by atoms with Gasteiger partial charge in [0.1, 0.15) is 5.82 Å². The molecule has 1 aliphatic rings. The highest BCUT2D eigenvalue weighted by molar-refractivity contribution is 7.80. The van der Waals surface area contributed by atoms with E-state index < -0.39 is 0 Å². The van der Waals surface area contributed by atoms with Crippen LogP contribution in [0.4, 0.5) is 10.1 Å². The molecule has 0 bridgehead atoms. The maximum Gasteiger partial charge on any atom is 0.171 e. The molecule has 5 heteroatoms. The van der Waals surface area contributed by atoms with Crippen LogP contribution in [0.1, 0.15) is 31.2 Å². The first-order valence-electron chi connectivity index (χ1n) is 7.44. The molecule has 0 unspecified atom stereocenters. The summed E-state index contributed by atoms with van der Waals surface area (Å²) in [4.78, 5) is 4.22. The third-order valence-electron chi connectivity index (χ3n) is 4.15. The fourth-order valence-electron chi connectivity index (χ4n) is 3.04. The van der Waals surface area contributed by atoms with Gasteiger partial charge in [0.25, 0.3) is 0 Å². The molecular formula is C17H18FN3S. The molecule has 0 amide bonds. The van der Waals surface area contributed by atoms with Gasteiger partial charge < -0.3 is 10.6 Å². The van der Waals surface area contributed by atoms with Gasteiger partial charge in [0, 0.05) is 12.4 Å². The van der Waals surface area contributed by atoms with Crippen LogP contribution in [0.3, 0.4) is 0 Å². The van der Waals surface area contributed by atoms with Gasteiger partial charge >= 0.3 is 0 Å². The number of aromatic nitrogens is 1. The summed E-state index contributed by atoms with van der Waals surface area (Å²) in [6.07, 6.45) is 7.93. The van der Waals surface area contributed by atoms with Gasteiger partial charge in [0.05, 0.1) is 11.2 Å². The zero-order valence-electron chi connectivity index (χ0n) is 12.2. The molecule has 1 heterocycles. The number of thiocarbonyl (C=S) groups is 1. The van der Waals surface area contributed by atoms with Crippen molar-refractivity contribution in [3.05, 3.63) is 60.2 Å². The van der Waals surface area contributed by atoms with Crippen molar-refractivity contribution in [3.8, 4) is 0 Å². The molecule has 1 fully saturated rings. The molecule has 1 aromatic carbocycles. The Balaban J connectivity index is 1.77. The molecule has 0 saturated heterocycles. The molecule has 1 aliphatic carbocycles. The van der Waals surface area contributed by atoms with E-state index in [2.05, 4.69) is 21.7 Å². The Labute approximate surface area is 135 Å². The Kier molecular flexibility index (Phi) is 4.34. The molecule has 1 aromatic heterocycles. The Hall–Kier alpha value is -2.01. The summed E-state index contributed by atoms with van der Waals surface area (Å²) in [7, 11) is 0.